The molecule has 1 aromatic rings. The molecule has 3 nitrogen and oxygen atoms in total. The number of aryl methyl sites for hydroxylation is 1. The number of carbonyl (C=O) groups is 1. The lowest BCUT2D eigenvalue weighted by Crippen LogP contribution is -2.37. The van der Waals surface area contributed by atoms with Gasteiger partial charge in [-0.25, -0.2) is 0 Å². The lowest BCUT2D eigenvalue weighted by molar-refractivity contribution is -0.133. The summed E-state index contributed by atoms with van der Waals surface area (Å²) >= 11 is 1.76. The predicted octanol–water partition coefficient (Wildman–Crippen LogP) is 2.04. The molecule has 0 aromatic carbocycles. The Morgan fingerprint density at radius 1 is 1.59 bits per heavy atom. The van der Waals surface area contributed by atoms with Crippen LogP contribution in [0.4, 0.5) is 0 Å². The van der Waals surface area contributed by atoms with Crippen LogP contribution in [0.5, 0.6) is 0 Å². The first-order valence-electron chi connectivity index (χ1n) is 6.08. The first-order chi connectivity index (χ1) is 8.10. The lowest BCUT2D eigenvalue weighted by Gasteiger charge is -2.22. The second kappa shape index (κ2) is 6.77. The molecule has 0 saturated heterocycles. The van der Waals surface area contributed by atoms with Gasteiger partial charge in [0, 0.05) is 25.0 Å². The van der Waals surface area contributed by atoms with Gasteiger partial charge in [0.2, 0.25) is 5.91 Å². The Bertz CT molecular complexity index is 358. The normalized spacial score (nSPS) is 12.5. The molecule has 0 aliphatic heterocycles. The van der Waals surface area contributed by atoms with Crippen LogP contribution in [0.15, 0.2) is 11.4 Å². The molecule has 1 amide bonds. The van der Waals surface area contributed by atoms with Crippen LogP contribution < -0.4 is 5.73 Å². The molecule has 0 saturated carbocycles. The molecule has 1 heterocycles. The quantitative estimate of drug-likeness (QED) is 0.844. The maximum absolute atomic E-state index is 12.0. The van der Waals surface area contributed by atoms with Crippen molar-refractivity contribution in [2.45, 2.75) is 26.7 Å². The van der Waals surface area contributed by atoms with Crippen molar-refractivity contribution >= 4 is 17.2 Å². The van der Waals surface area contributed by atoms with Gasteiger partial charge in [0.25, 0.3) is 0 Å². The predicted molar refractivity (Wildman–Crippen MR) is 73.2 cm³/mol. The van der Waals surface area contributed by atoms with Gasteiger partial charge in [-0.1, -0.05) is 6.92 Å². The summed E-state index contributed by atoms with van der Waals surface area (Å²) in [6, 6.07) is 2.12. The molecular weight excluding hydrogens is 232 g/mol. The number of hydrogen-bond acceptors (Lipinski definition) is 3. The van der Waals surface area contributed by atoms with Gasteiger partial charge in [-0.3, -0.25) is 4.79 Å². The second-order valence-corrected chi connectivity index (χ2v) is 5.38. The smallest absolute Gasteiger partial charge is 0.226 e. The number of carbonyl (C=O) groups excluding carboxylic acids is 1. The van der Waals surface area contributed by atoms with Crippen LogP contribution in [-0.2, 0) is 11.2 Å². The number of hydrogen-bond donors (Lipinski definition) is 1. The molecule has 17 heavy (non-hydrogen) atoms. The summed E-state index contributed by atoms with van der Waals surface area (Å²) in [5, 5.41) is 2.10. The van der Waals surface area contributed by atoms with E-state index in [0.717, 1.165) is 19.4 Å². The molecule has 4 heteroatoms. The fourth-order valence-electron chi connectivity index (χ4n) is 1.79. The summed E-state index contributed by atoms with van der Waals surface area (Å²) in [6.45, 7) is 5.34. The number of thiophene rings is 1. The minimum Gasteiger partial charge on any atom is -0.345 e. The number of rotatable bonds is 6. The number of nitrogens with zero attached hydrogens (tertiary/aromatic N) is 1. The van der Waals surface area contributed by atoms with Crippen LogP contribution in [0.3, 0.4) is 0 Å². The Balaban J connectivity index is 2.47. The van der Waals surface area contributed by atoms with E-state index < -0.39 is 0 Å². The van der Waals surface area contributed by atoms with Crippen molar-refractivity contribution in [1.82, 2.24) is 4.90 Å². The highest BCUT2D eigenvalue weighted by atomic mass is 32.1. The van der Waals surface area contributed by atoms with Crippen molar-refractivity contribution in [2.75, 3.05) is 20.1 Å². The van der Waals surface area contributed by atoms with Crippen LogP contribution in [0.2, 0.25) is 0 Å². The van der Waals surface area contributed by atoms with Gasteiger partial charge in [-0.2, -0.15) is 0 Å². The third kappa shape index (κ3) is 3.82. The monoisotopic (exact) mass is 254 g/mol. The molecule has 0 aliphatic carbocycles. The van der Waals surface area contributed by atoms with Crippen molar-refractivity contribution in [3.8, 4) is 0 Å². The third-order valence-electron chi connectivity index (χ3n) is 3.15. The molecule has 0 aliphatic rings. The van der Waals surface area contributed by atoms with Crippen molar-refractivity contribution in [2.24, 2.45) is 11.7 Å². The van der Waals surface area contributed by atoms with E-state index >= 15 is 0 Å². The SMILES string of the molecule is CCC(CN)C(=O)N(C)CCc1sccc1C. The van der Waals surface area contributed by atoms with Gasteiger partial charge in [0.05, 0.1) is 5.92 Å². The second-order valence-electron chi connectivity index (χ2n) is 4.38. The van der Waals surface area contributed by atoms with Crippen LogP contribution in [-0.4, -0.2) is 30.9 Å². The summed E-state index contributed by atoms with van der Waals surface area (Å²) in [6.07, 6.45) is 1.75. The van der Waals surface area contributed by atoms with Gasteiger partial charge in [-0.05, 0) is 36.8 Å². The summed E-state index contributed by atoms with van der Waals surface area (Å²) in [7, 11) is 1.86. The van der Waals surface area contributed by atoms with Crippen molar-refractivity contribution < 1.29 is 4.79 Å². The molecule has 0 spiro atoms. The van der Waals surface area contributed by atoms with Crippen LogP contribution >= 0.6 is 11.3 Å². The largest absolute Gasteiger partial charge is 0.345 e. The molecule has 0 bridgehead atoms. The Kier molecular flexibility index (Phi) is 5.65. The molecule has 2 N–H and O–H groups in total. The fraction of sp³-hybridized carbons (Fsp3) is 0.615. The highest BCUT2D eigenvalue weighted by Gasteiger charge is 2.18. The fourth-order valence-corrected chi connectivity index (χ4v) is 2.69. The van der Waals surface area contributed by atoms with Crippen LogP contribution in [0.1, 0.15) is 23.8 Å². The molecule has 1 atom stereocenters. The van der Waals surface area contributed by atoms with Crippen molar-refractivity contribution in [3.63, 3.8) is 0 Å². The van der Waals surface area contributed by atoms with Gasteiger partial charge in [-0.15, -0.1) is 11.3 Å². The Morgan fingerprint density at radius 3 is 2.76 bits per heavy atom. The Labute approximate surface area is 108 Å². The molecule has 0 fully saturated rings. The average Bonchev–Trinajstić information content (AvgIpc) is 2.73. The molecule has 96 valence electrons. The standard InChI is InChI=1S/C13H22N2OS/c1-4-11(9-14)13(16)15(3)7-5-12-10(2)6-8-17-12/h6,8,11H,4-5,7,9,14H2,1-3H3. The van der Waals surface area contributed by atoms with E-state index in [-0.39, 0.29) is 11.8 Å². The summed E-state index contributed by atoms with van der Waals surface area (Å²) in [4.78, 5) is 15.2. The number of likely N-dealkylation sites (N-methyl/N-ethyl adjacent to an activating group) is 1. The van der Waals surface area contributed by atoms with E-state index in [1.54, 1.807) is 16.2 Å². The van der Waals surface area contributed by atoms with Gasteiger partial charge < -0.3 is 10.6 Å². The minimum absolute atomic E-state index is 0.0237. The maximum atomic E-state index is 12.0. The molecular formula is C13H22N2OS. The first kappa shape index (κ1) is 14.2. The molecule has 1 unspecified atom stereocenters. The van der Waals surface area contributed by atoms with E-state index in [4.69, 9.17) is 5.73 Å². The highest BCUT2D eigenvalue weighted by Crippen LogP contribution is 2.16. The summed E-state index contributed by atoms with van der Waals surface area (Å²) in [5.41, 5.74) is 6.91. The number of amides is 1. The zero-order valence-corrected chi connectivity index (χ0v) is 11.7. The zero-order valence-electron chi connectivity index (χ0n) is 10.9. The number of nitrogens with two attached hydrogens (primary N) is 1. The maximum Gasteiger partial charge on any atom is 0.226 e. The summed E-state index contributed by atoms with van der Waals surface area (Å²) in [5.74, 6) is 0.147. The molecule has 0 radical (unpaired) electrons. The van der Waals surface area contributed by atoms with Crippen molar-refractivity contribution in [3.05, 3.63) is 21.9 Å². The van der Waals surface area contributed by atoms with E-state index in [1.807, 2.05) is 14.0 Å². The average molecular weight is 254 g/mol. The van der Waals surface area contributed by atoms with Crippen LogP contribution in [0, 0.1) is 12.8 Å². The van der Waals surface area contributed by atoms with Gasteiger partial charge in [0.15, 0.2) is 0 Å². The highest BCUT2D eigenvalue weighted by molar-refractivity contribution is 7.10. The Hall–Kier alpha value is -0.870. The zero-order chi connectivity index (χ0) is 12.8. The van der Waals surface area contributed by atoms with E-state index in [1.165, 1.54) is 10.4 Å². The van der Waals surface area contributed by atoms with Crippen LogP contribution in [0.25, 0.3) is 0 Å². The van der Waals surface area contributed by atoms with E-state index in [0.29, 0.717) is 6.54 Å². The molecule has 1 rings (SSSR count). The van der Waals surface area contributed by atoms with E-state index in [9.17, 15) is 4.79 Å². The third-order valence-corrected chi connectivity index (χ3v) is 4.23. The first-order valence-corrected chi connectivity index (χ1v) is 6.96. The Morgan fingerprint density at radius 2 is 2.29 bits per heavy atom. The van der Waals surface area contributed by atoms with Gasteiger partial charge in [0.1, 0.15) is 0 Å². The topological polar surface area (TPSA) is 46.3 Å². The lowest BCUT2D eigenvalue weighted by atomic mass is 10.1. The molecule has 1 aromatic heterocycles. The summed E-state index contributed by atoms with van der Waals surface area (Å²) < 4.78 is 0. The van der Waals surface area contributed by atoms with E-state index in [2.05, 4.69) is 18.4 Å². The van der Waals surface area contributed by atoms with Gasteiger partial charge >= 0.3 is 0 Å². The van der Waals surface area contributed by atoms with Crippen molar-refractivity contribution in [1.29, 1.82) is 0 Å². The minimum atomic E-state index is -0.0237.